The van der Waals surface area contributed by atoms with Gasteiger partial charge >= 0.3 is 0 Å². The topological polar surface area (TPSA) is 60.5 Å². The fourth-order valence-electron chi connectivity index (χ4n) is 3.23. The molecular formula is C25H14FN3. The van der Waals surface area contributed by atoms with Crippen LogP contribution in [0, 0.1) is 28.5 Å². The van der Waals surface area contributed by atoms with E-state index in [0.29, 0.717) is 22.5 Å². The van der Waals surface area contributed by atoms with Gasteiger partial charge in [-0.3, -0.25) is 0 Å². The van der Waals surface area contributed by atoms with Crippen LogP contribution in [0.1, 0.15) is 11.1 Å². The van der Waals surface area contributed by atoms with Gasteiger partial charge in [0.2, 0.25) is 0 Å². The number of hydrogen-bond acceptors (Lipinski definition) is 3. The molecule has 0 aliphatic rings. The Morgan fingerprint density at radius 3 is 1.97 bits per heavy atom. The van der Waals surface area contributed by atoms with E-state index in [9.17, 15) is 14.9 Å². The zero-order chi connectivity index (χ0) is 20.2. The molecule has 0 aliphatic heterocycles. The first-order valence-corrected chi connectivity index (χ1v) is 8.97. The SMILES string of the molecule is N#Cc1cc(-c2cc(-c3ccccc3)c(C#N)c(-c3ccccc3)n2)ccc1F. The van der Waals surface area contributed by atoms with E-state index < -0.39 is 5.82 Å². The largest absolute Gasteiger partial charge is 0.246 e. The van der Waals surface area contributed by atoms with Crippen LogP contribution in [0.15, 0.2) is 84.9 Å². The molecule has 0 fully saturated rings. The molecule has 4 aromatic rings. The molecule has 3 aromatic carbocycles. The summed E-state index contributed by atoms with van der Waals surface area (Å²) in [5.74, 6) is -0.573. The number of benzene rings is 3. The molecule has 0 unspecified atom stereocenters. The van der Waals surface area contributed by atoms with Crippen LogP contribution in [0.4, 0.5) is 4.39 Å². The number of nitriles is 2. The first-order chi connectivity index (χ1) is 14.2. The predicted octanol–water partition coefficient (Wildman–Crippen LogP) is 5.97. The molecule has 4 heteroatoms. The highest BCUT2D eigenvalue weighted by atomic mass is 19.1. The molecule has 0 saturated carbocycles. The van der Waals surface area contributed by atoms with Crippen LogP contribution < -0.4 is 0 Å². The Balaban J connectivity index is 2.03. The van der Waals surface area contributed by atoms with Crippen molar-refractivity contribution in [3.8, 4) is 45.8 Å². The molecule has 136 valence electrons. The molecule has 0 bridgehead atoms. The Morgan fingerprint density at radius 2 is 1.34 bits per heavy atom. The normalized spacial score (nSPS) is 10.2. The summed E-state index contributed by atoms with van der Waals surface area (Å²) >= 11 is 0. The van der Waals surface area contributed by atoms with Crippen molar-refractivity contribution in [1.29, 1.82) is 10.5 Å². The van der Waals surface area contributed by atoms with Crippen molar-refractivity contribution in [1.82, 2.24) is 4.98 Å². The van der Waals surface area contributed by atoms with E-state index in [1.165, 1.54) is 12.1 Å². The van der Waals surface area contributed by atoms with E-state index in [0.717, 1.165) is 16.7 Å². The fourth-order valence-corrected chi connectivity index (χ4v) is 3.23. The maximum atomic E-state index is 13.8. The van der Waals surface area contributed by atoms with Crippen LogP contribution in [-0.4, -0.2) is 4.98 Å². The van der Waals surface area contributed by atoms with E-state index in [1.807, 2.05) is 72.8 Å². The summed E-state index contributed by atoms with van der Waals surface area (Å²) in [7, 11) is 0. The van der Waals surface area contributed by atoms with Crippen molar-refractivity contribution in [2.24, 2.45) is 0 Å². The van der Waals surface area contributed by atoms with Crippen molar-refractivity contribution in [3.05, 3.63) is 102 Å². The van der Waals surface area contributed by atoms with Crippen LogP contribution >= 0.6 is 0 Å². The van der Waals surface area contributed by atoms with Crippen molar-refractivity contribution in [2.45, 2.75) is 0 Å². The first kappa shape index (κ1) is 18.1. The zero-order valence-corrected chi connectivity index (χ0v) is 15.3. The highest BCUT2D eigenvalue weighted by Crippen LogP contribution is 2.34. The Hall–Kier alpha value is -4.28. The molecular weight excluding hydrogens is 361 g/mol. The van der Waals surface area contributed by atoms with Gasteiger partial charge in [-0.05, 0) is 29.8 Å². The fraction of sp³-hybridized carbons (Fsp3) is 0. The van der Waals surface area contributed by atoms with Crippen molar-refractivity contribution >= 4 is 0 Å². The van der Waals surface area contributed by atoms with E-state index in [-0.39, 0.29) is 5.56 Å². The van der Waals surface area contributed by atoms with E-state index in [1.54, 1.807) is 6.07 Å². The van der Waals surface area contributed by atoms with Gasteiger partial charge in [0.15, 0.2) is 0 Å². The number of aromatic nitrogens is 1. The van der Waals surface area contributed by atoms with Crippen LogP contribution in [0.2, 0.25) is 0 Å². The van der Waals surface area contributed by atoms with Gasteiger partial charge in [0, 0.05) is 16.7 Å². The van der Waals surface area contributed by atoms with Crippen LogP contribution in [-0.2, 0) is 0 Å². The summed E-state index contributed by atoms with van der Waals surface area (Å²) in [5.41, 5.74) is 4.58. The standard InChI is InChI=1S/C25H14FN3/c26-23-12-11-19(13-20(23)15-27)24-14-21(17-7-3-1-4-8-17)22(16-28)25(29-24)18-9-5-2-6-10-18/h1-14H. The van der Waals surface area contributed by atoms with E-state index in [2.05, 4.69) is 6.07 Å². The molecule has 0 N–H and O–H groups in total. The quantitative estimate of drug-likeness (QED) is 0.443. The molecule has 0 amide bonds. The maximum Gasteiger partial charge on any atom is 0.140 e. The lowest BCUT2D eigenvalue weighted by atomic mass is 9.94. The van der Waals surface area contributed by atoms with Gasteiger partial charge < -0.3 is 0 Å². The average molecular weight is 375 g/mol. The number of rotatable bonds is 3. The first-order valence-electron chi connectivity index (χ1n) is 8.97. The van der Waals surface area contributed by atoms with E-state index >= 15 is 0 Å². The van der Waals surface area contributed by atoms with Gasteiger partial charge in [-0.1, -0.05) is 60.7 Å². The molecule has 3 nitrogen and oxygen atoms in total. The third-order valence-electron chi connectivity index (χ3n) is 4.65. The summed E-state index contributed by atoms with van der Waals surface area (Å²) in [4.78, 5) is 4.72. The van der Waals surface area contributed by atoms with Crippen molar-refractivity contribution in [2.75, 3.05) is 0 Å². The van der Waals surface area contributed by atoms with Crippen LogP contribution in [0.5, 0.6) is 0 Å². The summed E-state index contributed by atoms with van der Waals surface area (Å²) in [6.45, 7) is 0. The molecule has 1 aromatic heterocycles. The number of pyridine rings is 1. The monoisotopic (exact) mass is 375 g/mol. The minimum atomic E-state index is -0.573. The zero-order valence-electron chi connectivity index (χ0n) is 15.3. The van der Waals surface area contributed by atoms with Gasteiger partial charge in [-0.2, -0.15) is 10.5 Å². The lowest BCUT2D eigenvalue weighted by molar-refractivity contribution is 0.624. The smallest absolute Gasteiger partial charge is 0.140 e. The number of hydrogen-bond donors (Lipinski definition) is 0. The molecule has 1 heterocycles. The third kappa shape index (κ3) is 3.48. The Labute approximate surface area is 168 Å². The maximum absolute atomic E-state index is 13.8. The Bertz CT molecular complexity index is 1210. The molecule has 0 saturated heterocycles. The van der Waals surface area contributed by atoms with Crippen molar-refractivity contribution in [3.63, 3.8) is 0 Å². The third-order valence-corrected chi connectivity index (χ3v) is 4.65. The van der Waals surface area contributed by atoms with Crippen molar-refractivity contribution < 1.29 is 4.39 Å². The van der Waals surface area contributed by atoms with Crippen LogP contribution in [0.25, 0.3) is 33.6 Å². The van der Waals surface area contributed by atoms with E-state index in [4.69, 9.17) is 4.98 Å². The molecule has 0 atom stereocenters. The second kappa shape index (κ2) is 7.76. The highest BCUT2D eigenvalue weighted by Gasteiger charge is 2.17. The lowest BCUT2D eigenvalue weighted by Gasteiger charge is -2.13. The van der Waals surface area contributed by atoms with Crippen LogP contribution in [0.3, 0.4) is 0 Å². The van der Waals surface area contributed by atoms with Gasteiger partial charge in [-0.15, -0.1) is 0 Å². The Kier molecular flexibility index (Phi) is 4.84. The van der Waals surface area contributed by atoms with Gasteiger partial charge in [0.1, 0.15) is 18.0 Å². The predicted molar refractivity (Wildman–Crippen MR) is 110 cm³/mol. The molecule has 0 radical (unpaired) electrons. The second-order valence-corrected chi connectivity index (χ2v) is 6.43. The minimum Gasteiger partial charge on any atom is -0.246 e. The average Bonchev–Trinajstić information content (AvgIpc) is 2.79. The summed E-state index contributed by atoms with van der Waals surface area (Å²) in [5, 5.41) is 19.1. The molecule has 0 spiro atoms. The highest BCUT2D eigenvalue weighted by molar-refractivity contribution is 5.83. The summed E-state index contributed by atoms with van der Waals surface area (Å²) in [6, 6.07) is 29.4. The van der Waals surface area contributed by atoms with Gasteiger partial charge in [0.25, 0.3) is 0 Å². The Morgan fingerprint density at radius 1 is 0.690 bits per heavy atom. The summed E-state index contributed by atoms with van der Waals surface area (Å²) in [6.07, 6.45) is 0. The number of halogens is 1. The molecule has 0 aliphatic carbocycles. The summed E-state index contributed by atoms with van der Waals surface area (Å²) < 4.78 is 13.8. The van der Waals surface area contributed by atoms with Gasteiger partial charge in [0.05, 0.1) is 22.5 Å². The molecule has 29 heavy (non-hydrogen) atoms. The molecule has 4 rings (SSSR count). The lowest BCUT2D eigenvalue weighted by Crippen LogP contribution is -1.97. The number of nitrogens with zero attached hydrogens (tertiary/aromatic N) is 3. The second-order valence-electron chi connectivity index (χ2n) is 6.43. The minimum absolute atomic E-state index is 0.0452. The van der Waals surface area contributed by atoms with Gasteiger partial charge in [-0.25, -0.2) is 9.37 Å².